The average Bonchev–Trinajstić information content (AvgIpc) is 2.69. The topological polar surface area (TPSA) is 71.5 Å². The molecule has 0 spiro atoms. The van der Waals surface area contributed by atoms with Crippen molar-refractivity contribution >= 4 is 11.8 Å². The summed E-state index contributed by atoms with van der Waals surface area (Å²) in [5, 5.41) is 2.53. The number of amides is 2. The first-order valence-electron chi connectivity index (χ1n) is 9.31. The molecule has 1 aromatic heterocycles. The molecule has 1 heterocycles. The lowest BCUT2D eigenvalue weighted by atomic mass is 9.84. The van der Waals surface area contributed by atoms with E-state index >= 15 is 0 Å². The van der Waals surface area contributed by atoms with Crippen LogP contribution in [0.3, 0.4) is 0 Å². The van der Waals surface area contributed by atoms with Crippen molar-refractivity contribution in [3.8, 4) is 5.75 Å². The fourth-order valence-corrected chi connectivity index (χ4v) is 3.31. The van der Waals surface area contributed by atoms with Crippen LogP contribution >= 0.6 is 0 Å². The van der Waals surface area contributed by atoms with E-state index < -0.39 is 24.8 Å². The van der Waals surface area contributed by atoms with Crippen molar-refractivity contribution in [3.05, 3.63) is 24.0 Å². The molecule has 8 heteroatoms. The molecule has 1 aliphatic rings. The van der Waals surface area contributed by atoms with Gasteiger partial charge in [-0.05, 0) is 37.7 Å². The highest BCUT2D eigenvalue weighted by Crippen LogP contribution is 2.28. The maximum atomic E-state index is 12.3. The number of likely N-dealkylation sites (N-methyl/N-ethyl adjacent to an activating group) is 1. The second kappa shape index (κ2) is 10.2. The average molecular weight is 383 g/mol. The number of nitrogens with one attached hydrogen (secondary N) is 1. The summed E-state index contributed by atoms with van der Waals surface area (Å²) in [4.78, 5) is 30.1. The number of alkyl halides is 2. The lowest BCUT2D eigenvalue weighted by Gasteiger charge is -2.34. The molecule has 0 atom stereocenters. The largest absolute Gasteiger partial charge is 0.488 e. The Bertz CT molecular complexity index is 634. The van der Waals surface area contributed by atoms with Crippen LogP contribution in [0.1, 0.15) is 44.7 Å². The first-order valence-corrected chi connectivity index (χ1v) is 9.31. The standard InChI is InChI=1S/C19H27F2N3O3/c1-3-13-4-6-15(7-5-13)24(2)19(26)18(25)23-11-14-10-16(8-9-22-14)27-12-17(20)21/h8-10,13,15,17H,3-7,11-12H2,1-2H3,(H,23,25). The van der Waals surface area contributed by atoms with Crippen LogP contribution in [0.5, 0.6) is 5.75 Å². The number of aromatic nitrogens is 1. The number of rotatable bonds is 7. The Morgan fingerprint density at radius 1 is 1.33 bits per heavy atom. The van der Waals surface area contributed by atoms with Gasteiger partial charge in [0.2, 0.25) is 0 Å². The first-order chi connectivity index (χ1) is 12.9. The number of ether oxygens (including phenoxy) is 1. The monoisotopic (exact) mass is 383 g/mol. The molecule has 0 unspecified atom stereocenters. The van der Waals surface area contributed by atoms with Crippen molar-refractivity contribution in [3.63, 3.8) is 0 Å². The van der Waals surface area contributed by atoms with Crippen molar-refractivity contribution in [2.75, 3.05) is 13.7 Å². The summed E-state index contributed by atoms with van der Waals surface area (Å²) in [5.41, 5.74) is 0.425. The molecule has 27 heavy (non-hydrogen) atoms. The summed E-state index contributed by atoms with van der Waals surface area (Å²) in [6, 6.07) is 3.01. The van der Waals surface area contributed by atoms with Gasteiger partial charge in [-0.3, -0.25) is 14.6 Å². The lowest BCUT2D eigenvalue weighted by molar-refractivity contribution is -0.147. The van der Waals surface area contributed by atoms with Crippen LogP contribution in [-0.4, -0.2) is 47.8 Å². The van der Waals surface area contributed by atoms with Crippen molar-refractivity contribution in [2.24, 2.45) is 5.92 Å². The van der Waals surface area contributed by atoms with E-state index in [1.54, 1.807) is 7.05 Å². The van der Waals surface area contributed by atoms with E-state index in [2.05, 4.69) is 17.2 Å². The van der Waals surface area contributed by atoms with Gasteiger partial charge in [-0.15, -0.1) is 0 Å². The molecule has 2 amide bonds. The molecule has 0 aliphatic heterocycles. The number of pyridine rings is 1. The molecule has 1 N–H and O–H groups in total. The van der Waals surface area contributed by atoms with Gasteiger partial charge in [-0.2, -0.15) is 0 Å². The van der Waals surface area contributed by atoms with E-state index in [-0.39, 0.29) is 18.3 Å². The van der Waals surface area contributed by atoms with E-state index in [1.165, 1.54) is 23.2 Å². The Labute approximate surface area is 158 Å². The molecular weight excluding hydrogens is 356 g/mol. The number of nitrogens with zero attached hydrogens (tertiary/aromatic N) is 2. The van der Waals surface area contributed by atoms with Crippen LogP contribution in [0.25, 0.3) is 0 Å². The number of hydrogen-bond acceptors (Lipinski definition) is 4. The van der Waals surface area contributed by atoms with E-state index in [0.29, 0.717) is 11.6 Å². The van der Waals surface area contributed by atoms with Crippen LogP contribution in [0, 0.1) is 5.92 Å². The van der Waals surface area contributed by atoms with Crippen LogP contribution in [0.4, 0.5) is 8.78 Å². The predicted octanol–water partition coefficient (Wildman–Crippen LogP) is 2.77. The Hall–Kier alpha value is -2.25. The Balaban J connectivity index is 1.82. The minimum Gasteiger partial charge on any atom is -0.488 e. The van der Waals surface area contributed by atoms with Crippen molar-refractivity contribution in [2.45, 2.75) is 58.0 Å². The van der Waals surface area contributed by atoms with E-state index in [4.69, 9.17) is 4.74 Å². The minimum absolute atomic E-state index is 0.0207. The molecule has 0 bridgehead atoms. The van der Waals surface area contributed by atoms with Gasteiger partial charge >= 0.3 is 11.8 Å². The number of hydrogen-bond donors (Lipinski definition) is 1. The molecule has 150 valence electrons. The zero-order valence-electron chi connectivity index (χ0n) is 15.8. The third kappa shape index (κ3) is 6.45. The number of carbonyl (C=O) groups is 2. The van der Waals surface area contributed by atoms with Gasteiger partial charge in [0.1, 0.15) is 12.4 Å². The van der Waals surface area contributed by atoms with Gasteiger partial charge in [0.15, 0.2) is 0 Å². The molecule has 0 radical (unpaired) electrons. The molecule has 2 rings (SSSR count). The zero-order chi connectivity index (χ0) is 19.8. The molecule has 1 aliphatic carbocycles. The highest BCUT2D eigenvalue weighted by atomic mass is 19.3. The number of halogens is 2. The maximum absolute atomic E-state index is 12.3. The Kier molecular flexibility index (Phi) is 7.94. The summed E-state index contributed by atoms with van der Waals surface area (Å²) < 4.78 is 29.3. The highest BCUT2D eigenvalue weighted by molar-refractivity contribution is 6.34. The number of carbonyl (C=O) groups excluding carboxylic acids is 2. The molecule has 0 aromatic carbocycles. The minimum atomic E-state index is -2.57. The molecular formula is C19H27F2N3O3. The van der Waals surface area contributed by atoms with E-state index in [0.717, 1.165) is 32.1 Å². The van der Waals surface area contributed by atoms with Crippen molar-refractivity contribution in [1.29, 1.82) is 0 Å². The molecule has 0 saturated heterocycles. The fraction of sp³-hybridized carbons (Fsp3) is 0.632. The lowest BCUT2D eigenvalue weighted by Crippen LogP contribution is -2.46. The predicted molar refractivity (Wildman–Crippen MR) is 96.4 cm³/mol. The Morgan fingerprint density at radius 2 is 2.04 bits per heavy atom. The Morgan fingerprint density at radius 3 is 2.67 bits per heavy atom. The van der Waals surface area contributed by atoms with Gasteiger partial charge in [0, 0.05) is 25.4 Å². The molecule has 1 saturated carbocycles. The van der Waals surface area contributed by atoms with Gasteiger partial charge in [0.25, 0.3) is 6.43 Å². The smallest absolute Gasteiger partial charge is 0.311 e. The quantitative estimate of drug-likeness (QED) is 0.735. The zero-order valence-corrected chi connectivity index (χ0v) is 15.8. The van der Waals surface area contributed by atoms with Gasteiger partial charge in [-0.25, -0.2) is 8.78 Å². The molecule has 1 fully saturated rings. The molecule has 6 nitrogen and oxygen atoms in total. The second-order valence-corrected chi connectivity index (χ2v) is 6.87. The summed E-state index contributed by atoms with van der Waals surface area (Å²) in [5.74, 6) is -0.314. The normalized spacial score (nSPS) is 19.6. The van der Waals surface area contributed by atoms with Gasteiger partial charge < -0.3 is 15.0 Å². The highest BCUT2D eigenvalue weighted by Gasteiger charge is 2.28. The van der Waals surface area contributed by atoms with Gasteiger partial charge in [-0.1, -0.05) is 13.3 Å². The fourth-order valence-electron chi connectivity index (χ4n) is 3.31. The third-order valence-electron chi connectivity index (χ3n) is 5.05. The van der Waals surface area contributed by atoms with E-state index in [1.807, 2.05) is 0 Å². The van der Waals surface area contributed by atoms with Gasteiger partial charge in [0.05, 0.1) is 12.2 Å². The second-order valence-electron chi connectivity index (χ2n) is 6.87. The summed E-state index contributed by atoms with van der Waals surface area (Å²) in [7, 11) is 1.66. The first kappa shape index (κ1) is 21.1. The third-order valence-corrected chi connectivity index (χ3v) is 5.05. The van der Waals surface area contributed by atoms with Crippen molar-refractivity contribution < 1.29 is 23.1 Å². The SMILES string of the molecule is CCC1CCC(N(C)C(=O)C(=O)NCc2cc(OCC(F)F)ccn2)CC1. The van der Waals surface area contributed by atoms with Crippen LogP contribution in [-0.2, 0) is 16.1 Å². The van der Waals surface area contributed by atoms with Crippen LogP contribution in [0.2, 0.25) is 0 Å². The van der Waals surface area contributed by atoms with Crippen molar-refractivity contribution in [1.82, 2.24) is 15.2 Å². The summed E-state index contributed by atoms with van der Waals surface area (Å²) in [6.45, 7) is 1.49. The van der Waals surface area contributed by atoms with Crippen LogP contribution < -0.4 is 10.1 Å². The van der Waals surface area contributed by atoms with Crippen LogP contribution in [0.15, 0.2) is 18.3 Å². The summed E-state index contributed by atoms with van der Waals surface area (Å²) in [6.07, 6.45) is 3.98. The van der Waals surface area contributed by atoms with E-state index in [9.17, 15) is 18.4 Å². The summed E-state index contributed by atoms with van der Waals surface area (Å²) >= 11 is 0. The molecule has 1 aromatic rings. The maximum Gasteiger partial charge on any atom is 0.311 e.